The Labute approximate surface area is 147 Å². The SMILES string of the molecule is Cc1cc(N2CC[C@H](c3ccccc3)C2)c2cc(C(N)=O)ccc2n1. The summed E-state index contributed by atoms with van der Waals surface area (Å²) in [7, 11) is 0. The molecule has 1 fully saturated rings. The highest BCUT2D eigenvalue weighted by Gasteiger charge is 2.25. The third-order valence-corrected chi connectivity index (χ3v) is 5.00. The lowest BCUT2D eigenvalue weighted by molar-refractivity contribution is 0.100. The van der Waals surface area contributed by atoms with E-state index >= 15 is 0 Å². The lowest BCUT2D eigenvalue weighted by Gasteiger charge is -2.21. The molecule has 1 aliphatic rings. The van der Waals surface area contributed by atoms with Crippen molar-refractivity contribution in [3.8, 4) is 0 Å². The Morgan fingerprint density at radius 2 is 1.96 bits per heavy atom. The normalized spacial score (nSPS) is 17.2. The summed E-state index contributed by atoms with van der Waals surface area (Å²) in [5.74, 6) is 0.126. The number of rotatable bonds is 3. The minimum absolute atomic E-state index is 0.406. The van der Waals surface area contributed by atoms with Gasteiger partial charge in [0.15, 0.2) is 0 Å². The zero-order chi connectivity index (χ0) is 17.4. The number of benzene rings is 2. The zero-order valence-corrected chi connectivity index (χ0v) is 14.3. The number of anilines is 1. The van der Waals surface area contributed by atoms with Crippen LogP contribution in [-0.2, 0) is 0 Å². The summed E-state index contributed by atoms with van der Waals surface area (Å²) in [5.41, 5.74) is 10.4. The molecule has 0 radical (unpaired) electrons. The average Bonchev–Trinajstić information content (AvgIpc) is 3.11. The van der Waals surface area contributed by atoms with Gasteiger partial charge in [-0.1, -0.05) is 30.3 Å². The second-order valence-electron chi connectivity index (χ2n) is 6.72. The van der Waals surface area contributed by atoms with Gasteiger partial charge in [-0.3, -0.25) is 9.78 Å². The smallest absolute Gasteiger partial charge is 0.248 e. The van der Waals surface area contributed by atoms with Crippen molar-refractivity contribution in [2.75, 3.05) is 18.0 Å². The molecule has 0 spiro atoms. The largest absolute Gasteiger partial charge is 0.370 e. The summed E-state index contributed by atoms with van der Waals surface area (Å²) in [6, 6.07) is 18.3. The molecule has 2 N–H and O–H groups in total. The van der Waals surface area contributed by atoms with E-state index < -0.39 is 5.91 Å². The highest BCUT2D eigenvalue weighted by Crippen LogP contribution is 2.35. The number of amides is 1. The van der Waals surface area contributed by atoms with Crippen molar-refractivity contribution in [3.05, 3.63) is 71.4 Å². The Kier molecular flexibility index (Phi) is 3.88. The quantitative estimate of drug-likeness (QED) is 0.797. The van der Waals surface area contributed by atoms with E-state index in [2.05, 4.69) is 46.3 Å². The molecule has 2 aromatic carbocycles. The first-order valence-corrected chi connectivity index (χ1v) is 8.63. The fourth-order valence-electron chi connectivity index (χ4n) is 3.73. The first kappa shape index (κ1) is 15.6. The van der Waals surface area contributed by atoms with Crippen molar-refractivity contribution in [1.29, 1.82) is 0 Å². The molecule has 25 heavy (non-hydrogen) atoms. The van der Waals surface area contributed by atoms with Gasteiger partial charge in [0.25, 0.3) is 0 Å². The third-order valence-electron chi connectivity index (χ3n) is 5.00. The lowest BCUT2D eigenvalue weighted by atomic mass is 9.99. The number of pyridine rings is 1. The van der Waals surface area contributed by atoms with Crippen LogP contribution in [0.25, 0.3) is 10.9 Å². The van der Waals surface area contributed by atoms with Crippen LogP contribution >= 0.6 is 0 Å². The molecule has 1 atom stereocenters. The molecule has 0 bridgehead atoms. The summed E-state index contributed by atoms with van der Waals surface area (Å²) in [4.78, 5) is 18.6. The molecular weight excluding hydrogens is 310 g/mol. The van der Waals surface area contributed by atoms with Crippen LogP contribution in [0.3, 0.4) is 0 Å². The first-order valence-electron chi connectivity index (χ1n) is 8.63. The lowest BCUT2D eigenvalue weighted by Crippen LogP contribution is -2.20. The average molecular weight is 331 g/mol. The number of fused-ring (bicyclic) bond motifs is 1. The Balaban J connectivity index is 1.73. The number of carbonyl (C=O) groups is 1. The number of hydrogen-bond donors (Lipinski definition) is 1. The molecule has 0 saturated carbocycles. The van der Waals surface area contributed by atoms with Gasteiger partial charge in [-0.05, 0) is 43.2 Å². The molecule has 4 nitrogen and oxygen atoms in total. The van der Waals surface area contributed by atoms with E-state index in [0.29, 0.717) is 11.5 Å². The van der Waals surface area contributed by atoms with Crippen LogP contribution in [0.2, 0.25) is 0 Å². The van der Waals surface area contributed by atoms with E-state index in [1.807, 2.05) is 19.1 Å². The Bertz CT molecular complexity index is 937. The van der Waals surface area contributed by atoms with Gasteiger partial charge in [-0.25, -0.2) is 0 Å². The number of aromatic nitrogens is 1. The maximum atomic E-state index is 11.6. The van der Waals surface area contributed by atoms with Crippen LogP contribution in [0.15, 0.2) is 54.6 Å². The Hall–Kier alpha value is -2.88. The summed E-state index contributed by atoms with van der Waals surface area (Å²) in [6.45, 7) is 3.98. The number of hydrogen-bond acceptors (Lipinski definition) is 3. The van der Waals surface area contributed by atoms with Gasteiger partial charge < -0.3 is 10.6 Å². The van der Waals surface area contributed by atoms with Crippen molar-refractivity contribution in [3.63, 3.8) is 0 Å². The molecule has 1 amide bonds. The summed E-state index contributed by atoms with van der Waals surface area (Å²) in [5, 5.41) is 0.996. The van der Waals surface area contributed by atoms with Crippen molar-refractivity contribution in [2.45, 2.75) is 19.3 Å². The molecule has 1 saturated heterocycles. The van der Waals surface area contributed by atoms with E-state index in [-0.39, 0.29) is 0 Å². The zero-order valence-electron chi connectivity index (χ0n) is 14.3. The van der Waals surface area contributed by atoms with E-state index in [0.717, 1.165) is 41.8 Å². The van der Waals surface area contributed by atoms with E-state index in [1.165, 1.54) is 5.56 Å². The standard InChI is InChI=1S/C21H21N3O/c1-14-11-20(18-12-16(21(22)25)7-8-19(18)23-14)24-10-9-17(13-24)15-5-3-2-4-6-15/h2-8,11-12,17H,9-10,13H2,1H3,(H2,22,25)/t17-/m0/s1. The number of nitrogens with two attached hydrogens (primary N) is 1. The third kappa shape index (κ3) is 2.95. The van der Waals surface area contributed by atoms with Crippen molar-refractivity contribution in [2.24, 2.45) is 5.73 Å². The summed E-state index contributed by atoms with van der Waals surface area (Å²) < 4.78 is 0. The molecule has 0 unspecified atom stereocenters. The second kappa shape index (κ2) is 6.20. The van der Waals surface area contributed by atoms with Gasteiger partial charge in [0.2, 0.25) is 5.91 Å². The highest BCUT2D eigenvalue weighted by molar-refractivity contribution is 6.00. The van der Waals surface area contributed by atoms with Gasteiger partial charge >= 0.3 is 0 Å². The van der Waals surface area contributed by atoms with Gasteiger partial charge in [-0.15, -0.1) is 0 Å². The van der Waals surface area contributed by atoms with Gasteiger partial charge in [-0.2, -0.15) is 0 Å². The molecular formula is C21H21N3O. The van der Waals surface area contributed by atoms with E-state index in [9.17, 15) is 4.79 Å². The molecule has 2 heterocycles. The van der Waals surface area contributed by atoms with Crippen molar-refractivity contribution >= 4 is 22.5 Å². The highest BCUT2D eigenvalue weighted by atomic mass is 16.1. The minimum Gasteiger partial charge on any atom is -0.370 e. The van der Waals surface area contributed by atoms with Gasteiger partial charge in [0.05, 0.1) is 5.52 Å². The van der Waals surface area contributed by atoms with Crippen LogP contribution in [0, 0.1) is 6.92 Å². The van der Waals surface area contributed by atoms with Crippen molar-refractivity contribution in [1.82, 2.24) is 4.98 Å². The van der Waals surface area contributed by atoms with Crippen LogP contribution in [0.1, 0.15) is 34.0 Å². The fourth-order valence-corrected chi connectivity index (χ4v) is 3.73. The predicted octanol–water partition coefficient (Wildman–Crippen LogP) is 3.64. The molecule has 0 aliphatic carbocycles. The maximum Gasteiger partial charge on any atom is 0.248 e. The molecule has 126 valence electrons. The molecule has 4 rings (SSSR count). The number of carbonyl (C=O) groups excluding carboxylic acids is 1. The monoisotopic (exact) mass is 331 g/mol. The van der Waals surface area contributed by atoms with Crippen molar-refractivity contribution < 1.29 is 4.79 Å². The Morgan fingerprint density at radius 1 is 1.16 bits per heavy atom. The van der Waals surface area contributed by atoms with Gasteiger partial charge in [0.1, 0.15) is 0 Å². The van der Waals surface area contributed by atoms with E-state index in [4.69, 9.17) is 5.73 Å². The van der Waals surface area contributed by atoms with Crippen LogP contribution in [0.5, 0.6) is 0 Å². The maximum absolute atomic E-state index is 11.6. The molecule has 4 heteroatoms. The topological polar surface area (TPSA) is 59.2 Å². The Morgan fingerprint density at radius 3 is 2.72 bits per heavy atom. The number of aryl methyl sites for hydroxylation is 1. The second-order valence-corrected chi connectivity index (χ2v) is 6.72. The minimum atomic E-state index is -0.406. The predicted molar refractivity (Wildman–Crippen MR) is 101 cm³/mol. The molecule has 1 aliphatic heterocycles. The molecule has 3 aromatic rings. The molecule has 1 aromatic heterocycles. The van der Waals surface area contributed by atoms with Crippen LogP contribution in [-0.4, -0.2) is 24.0 Å². The first-order chi connectivity index (χ1) is 12.1. The van der Waals surface area contributed by atoms with Crippen LogP contribution in [0.4, 0.5) is 5.69 Å². The van der Waals surface area contributed by atoms with Crippen LogP contribution < -0.4 is 10.6 Å². The van der Waals surface area contributed by atoms with E-state index in [1.54, 1.807) is 6.07 Å². The fraction of sp³-hybridized carbons (Fsp3) is 0.238. The number of nitrogens with zero attached hydrogens (tertiary/aromatic N) is 2. The summed E-state index contributed by atoms with van der Waals surface area (Å²) in [6.07, 6.45) is 1.13. The summed E-state index contributed by atoms with van der Waals surface area (Å²) >= 11 is 0. The number of primary amides is 1. The van der Waals surface area contributed by atoms with Gasteiger partial charge in [0, 0.05) is 41.3 Å².